The average molecular weight is 403 g/mol. The second kappa shape index (κ2) is 7.21. The van der Waals surface area contributed by atoms with Crippen molar-refractivity contribution < 1.29 is 9.90 Å². The molecule has 0 atom stereocenters. The number of hydrogen-bond donors (Lipinski definition) is 1. The van der Waals surface area contributed by atoms with Crippen molar-refractivity contribution in [3.63, 3.8) is 0 Å². The van der Waals surface area contributed by atoms with E-state index in [0.29, 0.717) is 36.2 Å². The van der Waals surface area contributed by atoms with Crippen LogP contribution in [-0.2, 0) is 0 Å². The first-order valence-corrected chi connectivity index (χ1v) is 9.21. The summed E-state index contributed by atoms with van der Waals surface area (Å²) in [6, 6.07) is 11.3. The van der Waals surface area contributed by atoms with Crippen LogP contribution in [-0.4, -0.2) is 52.2 Å². The molecule has 1 saturated heterocycles. The van der Waals surface area contributed by atoms with Crippen LogP contribution in [0.2, 0.25) is 10.0 Å². The molecule has 0 aliphatic carbocycles. The molecule has 0 unspecified atom stereocenters. The second-order valence-corrected chi connectivity index (χ2v) is 7.15. The molecule has 6 nitrogen and oxygen atoms in total. The van der Waals surface area contributed by atoms with Crippen LogP contribution in [0.3, 0.4) is 0 Å². The van der Waals surface area contributed by atoms with E-state index in [0.717, 1.165) is 27.8 Å². The first kappa shape index (κ1) is 17.8. The van der Waals surface area contributed by atoms with Crippen LogP contribution in [0.1, 0.15) is 0 Å². The van der Waals surface area contributed by atoms with Gasteiger partial charge in [-0.15, -0.1) is 0 Å². The molecule has 2 aromatic carbocycles. The lowest BCUT2D eigenvalue weighted by Gasteiger charge is -2.34. The zero-order valence-electron chi connectivity index (χ0n) is 14.3. The van der Waals surface area contributed by atoms with E-state index in [9.17, 15) is 4.79 Å². The molecule has 27 heavy (non-hydrogen) atoms. The zero-order chi connectivity index (χ0) is 19.0. The van der Waals surface area contributed by atoms with Crippen molar-refractivity contribution in [2.75, 3.05) is 31.1 Å². The second-order valence-electron chi connectivity index (χ2n) is 6.31. The highest BCUT2D eigenvalue weighted by Crippen LogP contribution is 2.35. The van der Waals surface area contributed by atoms with Gasteiger partial charge >= 0.3 is 6.09 Å². The van der Waals surface area contributed by atoms with Gasteiger partial charge < -0.3 is 14.9 Å². The van der Waals surface area contributed by atoms with E-state index >= 15 is 0 Å². The summed E-state index contributed by atoms with van der Waals surface area (Å²) < 4.78 is 0. The van der Waals surface area contributed by atoms with Gasteiger partial charge in [-0.2, -0.15) is 0 Å². The fourth-order valence-corrected chi connectivity index (χ4v) is 3.67. The van der Waals surface area contributed by atoms with Crippen LogP contribution in [0, 0.1) is 0 Å². The Hall–Kier alpha value is -2.57. The van der Waals surface area contributed by atoms with Gasteiger partial charge in [-0.3, -0.25) is 0 Å². The summed E-state index contributed by atoms with van der Waals surface area (Å²) in [5.74, 6) is 0.789. The molecule has 4 rings (SSSR count). The molecule has 138 valence electrons. The van der Waals surface area contributed by atoms with Crippen molar-refractivity contribution in [1.29, 1.82) is 0 Å². The SMILES string of the molecule is O=C(O)N1CCN(c2ncnc3cc(Cl)c(-c4ccc(Cl)cc4)cc23)CC1. The first-order chi connectivity index (χ1) is 13.0. The number of carbonyl (C=O) groups is 1. The number of halogens is 2. The molecule has 1 aromatic heterocycles. The molecule has 1 N–H and O–H groups in total. The highest BCUT2D eigenvalue weighted by Gasteiger charge is 2.23. The maximum absolute atomic E-state index is 11.1. The number of aromatic nitrogens is 2. The number of hydrogen-bond acceptors (Lipinski definition) is 4. The number of amides is 1. The highest BCUT2D eigenvalue weighted by molar-refractivity contribution is 6.34. The number of anilines is 1. The van der Waals surface area contributed by atoms with Gasteiger partial charge in [0, 0.05) is 42.2 Å². The molecular formula is C19H16Cl2N4O2. The van der Waals surface area contributed by atoms with Gasteiger partial charge in [0.15, 0.2) is 0 Å². The fourth-order valence-electron chi connectivity index (χ4n) is 3.28. The minimum Gasteiger partial charge on any atom is -0.465 e. The van der Waals surface area contributed by atoms with Crippen LogP contribution < -0.4 is 4.90 Å². The third kappa shape index (κ3) is 3.50. The third-order valence-electron chi connectivity index (χ3n) is 4.71. The van der Waals surface area contributed by atoms with Crippen molar-refractivity contribution in [1.82, 2.24) is 14.9 Å². The lowest BCUT2D eigenvalue weighted by atomic mass is 10.0. The largest absolute Gasteiger partial charge is 0.465 e. The predicted octanol–water partition coefficient (Wildman–Crippen LogP) is 4.40. The Bertz CT molecular complexity index is 1000. The fraction of sp³-hybridized carbons (Fsp3) is 0.211. The van der Waals surface area contributed by atoms with E-state index in [2.05, 4.69) is 14.9 Å². The Kier molecular flexibility index (Phi) is 4.76. The lowest BCUT2D eigenvalue weighted by molar-refractivity contribution is 0.142. The summed E-state index contributed by atoms with van der Waals surface area (Å²) >= 11 is 12.5. The third-order valence-corrected chi connectivity index (χ3v) is 5.27. The average Bonchev–Trinajstić information content (AvgIpc) is 2.68. The number of nitrogens with zero attached hydrogens (tertiary/aromatic N) is 4. The van der Waals surface area contributed by atoms with E-state index in [-0.39, 0.29) is 0 Å². The summed E-state index contributed by atoms with van der Waals surface area (Å²) in [6.45, 7) is 2.05. The normalized spacial score (nSPS) is 14.6. The van der Waals surface area contributed by atoms with Crippen LogP contribution in [0.5, 0.6) is 0 Å². The maximum atomic E-state index is 11.1. The van der Waals surface area contributed by atoms with Crippen LogP contribution in [0.25, 0.3) is 22.0 Å². The molecule has 8 heteroatoms. The molecule has 1 amide bonds. The molecule has 0 radical (unpaired) electrons. The molecule has 2 heterocycles. The van der Waals surface area contributed by atoms with Crippen molar-refractivity contribution >= 4 is 46.0 Å². The number of carboxylic acid groups (broad SMARTS) is 1. The smallest absolute Gasteiger partial charge is 0.407 e. The van der Waals surface area contributed by atoms with Crippen molar-refractivity contribution in [2.45, 2.75) is 0 Å². The molecule has 3 aromatic rings. The highest BCUT2D eigenvalue weighted by atomic mass is 35.5. The number of rotatable bonds is 2. The number of fused-ring (bicyclic) bond motifs is 1. The van der Waals surface area contributed by atoms with Crippen molar-refractivity contribution in [3.05, 3.63) is 52.8 Å². The molecule has 1 fully saturated rings. The standard InChI is InChI=1S/C19H16Cl2N4O2/c20-13-3-1-12(2-4-13)14-9-15-17(10-16(14)21)22-11-23-18(15)24-5-7-25(8-6-24)19(26)27/h1-4,9-11H,5-8H2,(H,26,27). The van der Waals surface area contributed by atoms with E-state index < -0.39 is 6.09 Å². The summed E-state index contributed by atoms with van der Waals surface area (Å²) in [7, 11) is 0. The monoisotopic (exact) mass is 402 g/mol. The van der Waals surface area contributed by atoms with Crippen LogP contribution in [0.15, 0.2) is 42.7 Å². The summed E-state index contributed by atoms with van der Waals surface area (Å²) in [5, 5.41) is 11.3. The van der Waals surface area contributed by atoms with Crippen LogP contribution in [0.4, 0.5) is 10.6 Å². The Labute approximate surface area is 166 Å². The Morgan fingerprint density at radius 3 is 2.37 bits per heavy atom. The zero-order valence-corrected chi connectivity index (χ0v) is 15.8. The molecule has 0 saturated carbocycles. The van der Waals surface area contributed by atoms with Gasteiger partial charge in [-0.25, -0.2) is 14.8 Å². The van der Waals surface area contributed by atoms with E-state index in [4.69, 9.17) is 28.3 Å². The molecule has 1 aliphatic heterocycles. The summed E-state index contributed by atoms with van der Waals surface area (Å²) in [5.41, 5.74) is 2.58. The Morgan fingerprint density at radius 2 is 1.70 bits per heavy atom. The number of piperazine rings is 1. The predicted molar refractivity (Wildman–Crippen MR) is 107 cm³/mol. The van der Waals surface area contributed by atoms with Gasteiger partial charge in [-0.1, -0.05) is 35.3 Å². The lowest BCUT2D eigenvalue weighted by Crippen LogP contribution is -2.48. The molecule has 1 aliphatic rings. The molecular weight excluding hydrogens is 387 g/mol. The minimum absolute atomic E-state index is 0.443. The van der Waals surface area contributed by atoms with Gasteiger partial charge in [0.2, 0.25) is 0 Å². The van der Waals surface area contributed by atoms with Gasteiger partial charge in [0.1, 0.15) is 12.1 Å². The van der Waals surface area contributed by atoms with Gasteiger partial charge in [-0.05, 0) is 29.8 Å². The minimum atomic E-state index is -0.890. The summed E-state index contributed by atoms with van der Waals surface area (Å²) in [6.07, 6.45) is 0.624. The van der Waals surface area contributed by atoms with E-state index in [1.807, 2.05) is 36.4 Å². The van der Waals surface area contributed by atoms with Gasteiger partial charge in [0.25, 0.3) is 0 Å². The topological polar surface area (TPSA) is 69.6 Å². The first-order valence-electron chi connectivity index (χ1n) is 8.46. The molecule has 0 spiro atoms. The Balaban J connectivity index is 1.75. The van der Waals surface area contributed by atoms with Gasteiger partial charge in [0.05, 0.1) is 10.5 Å². The number of benzene rings is 2. The Morgan fingerprint density at radius 1 is 1.00 bits per heavy atom. The maximum Gasteiger partial charge on any atom is 0.407 e. The van der Waals surface area contributed by atoms with E-state index in [1.165, 1.54) is 11.2 Å². The summed E-state index contributed by atoms with van der Waals surface area (Å²) in [4.78, 5) is 23.4. The quantitative estimate of drug-likeness (QED) is 0.687. The van der Waals surface area contributed by atoms with E-state index in [1.54, 1.807) is 0 Å². The van der Waals surface area contributed by atoms with Crippen molar-refractivity contribution in [3.8, 4) is 11.1 Å². The van der Waals surface area contributed by atoms with Crippen LogP contribution >= 0.6 is 23.2 Å². The molecule has 0 bridgehead atoms. The van der Waals surface area contributed by atoms with Crippen molar-refractivity contribution in [2.24, 2.45) is 0 Å².